The predicted octanol–water partition coefficient (Wildman–Crippen LogP) is 4.36. The molecule has 0 aliphatic rings. The van der Waals surface area contributed by atoms with Crippen LogP contribution in [0.1, 0.15) is 5.56 Å². The van der Waals surface area contributed by atoms with Crippen LogP contribution >= 0.6 is 27.5 Å². The number of carbonyl (C=O) groups excluding carboxylic acids is 1. The smallest absolute Gasteiger partial charge is 0.269 e. The lowest BCUT2D eigenvalue weighted by molar-refractivity contribution is -0.384. The molecule has 0 spiro atoms. The van der Waals surface area contributed by atoms with Gasteiger partial charge in [-0.15, -0.1) is 0 Å². The molecule has 1 N–H and O–H groups in total. The van der Waals surface area contributed by atoms with Crippen molar-refractivity contribution in [2.24, 2.45) is 0 Å². The van der Waals surface area contributed by atoms with Gasteiger partial charge < -0.3 is 5.32 Å². The zero-order valence-electron chi connectivity index (χ0n) is 13.4. The third-order valence-electron chi connectivity index (χ3n) is 3.37. The van der Waals surface area contributed by atoms with E-state index >= 15 is 0 Å². The fourth-order valence-corrected chi connectivity index (χ4v) is 2.91. The number of nitro groups is 1. The molecule has 2 rings (SSSR count). The Hall–Kier alpha value is -2.10. The summed E-state index contributed by atoms with van der Waals surface area (Å²) in [6.07, 6.45) is 0. The second kappa shape index (κ2) is 8.52. The van der Waals surface area contributed by atoms with Crippen molar-refractivity contribution in [3.8, 4) is 0 Å². The van der Waals surface area contributed by atoms with E-state index in [0.717, 1.165) is 6.07 Å². The van der Waals surface area contributed by atoms with Gasteiger partial charge in [-0.2, -0.15) is 0 Å². The zero-order valence-corrected chi connectivity index (χ0v) is 15.8. The Kier molecular flexibility index (Phi) is 6.63. The minimum absolute atomic E-state index is 0.0766. The van der Waals surface area contributed by atoms with E-state index in [0.29, 0.717) is 16.7 Å². The van der Waals surface area contributed by atoms with Crippen LogP contribution in [0.2, 0.25) is 5.02 Å². The summed E-state index contributed by atoms with van der Waals surface area (Å²) in [7, 11) is 1.60. The molecule has 2 aromatic rings. The van der Waals surface area contributed by atoms with E-state index in [-0.39, 0.29) is 28.9 Å². The summed E-state index contributed by atoms with van der Waals surface area (Å²) in [5, 5.41) is 13.5. The van der Waals surface area contributed by atoms with Crippen molar-refractivity contribution in [1.29, 1.82) is 0 Å². The number of hydrogen-bond donors (Lipinski definition) is 1. The van der Waals surface area contributed by atoms with Crippen molar-refractivity contribution in [3.05, 3.63) is 67.1 Å². The highest BCUT2D eigenvalue weighted by molar-refractivity contribution is 9.10. The molecule has 1 amide bonds. The number of amides is 1. The van der Waals surface area contributed by atoms with Crippen molar-refractivity contribution in [2.45, 2.75) is 6.54 Å². The molecule has 0 aliphatic carbocycles. The molecule has 0 heterocycles. The first-order valence-corrected chi connectivity index (χ1v) is 8.40. The fourth-order valence-electron chi connectivity index (χ4n) is 2.23. The number of likely N-dealkylation sites (N-methyl/N-ethyl adjacent to an activating group) is 1. The summed E-state index contributed by atoms with van der Waals surface area (Å²) in [6, 6.07) is 5.71. The predicted molar refractivity (Wildman–Crippen MR) is 97.1 cm³/mol. The van der Waals surface area contributed by atoms with Gasteiger partial charge in [0.1, 0.15) is 5.82 Å². The Morgan fingerprint density at radius 3 is 2.65 bits per heavy atom. The minimum Gasteiger partial charge on any atom is -0.322 e. The summed E-state index contributed by atoms with van der Waals surface area (Å²) < 4.78 is 26.9. The van der Waals surface area contributed by atoms with Crippen LogP contribution in [0.15, 0.2) is 34.8 Å². The van der Waals surface area contributed by atoms with Gasteiger partial charge in [-0.25, -0.2) is 8.78 Å². The SMILES string of the molecule is CN(CC(=O)Nc1c(F)cc(F)cc1Br)Cc1cc([N+](=O)[O-])ccc1Cl. The van der Waals surface area contributed by atoms with E-state index < -0.39 is 22.5 Å². The largest absolute Gasteiger partial charge is 0.322 e. The highest BCUT2D eigenvalue weighted by Gasteiger charge is 2.16. The summed E-state index contributed by atoms with van der Waals surface area (Å²) in [4.78, 5) is 23.9. The Morgan fingerprint density at radius 2 is 2.04 bits per heavy atom. The molecule has 0 bridgehead atoms. The summed E-state index contributed by atoms with van der Waals surface area (Å²) in [5.74, 6) is -2.22. The zero-order chi connectivity index (χ0) is 19.4. The van der Waals surface area contributed by atoms with Crippen molar-refractivity contribution >= 4 is 44.8 Å². The fraction of sp³-hybridized carbons (Fsp3) is 0.188. The van der Waals surface area contributed by atoms with Crippen LogP contribution < -0.4 is 5.32 Å². The number of non-ortho nitro benzene ring substituents is 1. The standard InChI is InChI=1S/C16H13BrClF2N3O3/c1-22(7-9-4-11(23(25)26)2-3-13(9)18)8-15(24)21-16-12(17)5-10(19)6-14(16)20/h2-6H,7-8H2,1H3,(H,21,24). The third kappa shape index (κ3) is 5.20. The number of nitrogens with zero attached hydrogens (tertiary/aromatic N) is 2. The van der Waals surface area contributed by atoms with E-state index in [9.17, 15) is 23.7 Å². The molecular weight excluding hydrogens is 436 g/mol. The molecule has 138 valence electrons. The average Bonchev–Trinajstić information content (AvgIpc) is 2.52. The Labute approximate surface area is 161 Å². The first kappa shape index (κ1) is 20.2. The van der Waals surface area contributed by atoms with E-state index in [4.69, 9.17) is 11.6 Å². The van der Waals surface area contributed by atoms with E-state index in [2.05, 4.69) is 21.2 Å². The van der Waals surface area contributed by atoms with Gasteiger partial charge in [-0.3, -0.25) is 19.8 Å². The Balaban J connectivity index is 2.04. The molecule has 0 unspecified atom stereocenters. The van der Waals surface area contributed by atoms with Gasteiger partial charge in [0.15, 0.2) is 5.82 Å². The van der Waals surface area contributed by atoms with Gasteiger partial charge in [-0.05, 0) is 40.7 Å². The lowest BCUT2D eigenvalue weighted by Gasteiger charge is -2.17. The Bertz CT molecular complexity index is 844. The number of hydrogen-bond acceptors (Lipinski definition) is 4. The molecule has 0 saturated carbocycles. The molecule has 26 heavy (non-hydrogen) atoms. The Morgan fingerprint density at radius 1 is 1.35 bits per heavy atom. The second-order valence-electron chi connectivity index (χ2n) is 5.50. The number of carbonyl (C=O) groups is 1. The molecule has 6 nitrogen and oxygen atoms in total. The van der Waals surface area contributed by atoms with E-state index in [1.165, 1.54) is 18.2 Å². The number of halogens is 4. The number of nitro benzene ring substituents is 1. The number of rotatable bonds is 6. The highest BCUT2D eigenvalue weighted by Crippen LogP contribution is 2.27. The molecule has 0 aromatic heterocycles. The maximum absolute atomic E-state index is 13.7. The van der Waals surface area contributed by atoms with Gasteiger partial charge in [0.05, 0.1) is 17.2 Å². The quantitative estimate of drug-likeness (QED) is 0.526. The molecule has 0 radical (unpaired) electrons. The second-order valence-corrected chi connectivity index (χ2v) is 6.76. The highest BCUT2D eigenvalue weighted by atomic mass is 79.9. The van der Waals surface area contributed by atoms with Crippen LogP contribution in [0.25, 0.3) is 0 Å². The molecule has 2 aromatic carbocycles. The summed E-state index contributed by atoms with van der Waals surface area (Å²) in [5.41, 5.74) is 0.197. The number of anilines is 1. The molecule has 10 heteroatoms. The van der Waals surface area contributed by atoms with Gasteiger partial charge >= 0.3 is 0 Å². The first-order valence-electron chi connectivity index (χ1n) is 7.23. The minimum atomic E-state index is -0.908. The van der Waals surface area contributed by atoms with E-state index in [1.807, 2.05) is 0 Å². The van der Waals surface area contributed by atoms with Crippen molar-refractivity contribution in [2.75, 3.05) is 18.9 Å². The third-order valence-corrected chi connectivity index (χ3v) is 4.36. The monoisotopic (exact) mass is 447 g/mol. The van der Waals surface area contributed by atoms with Gasteiger partial charge in [0.25, 0.3) is 5.69 Å². The first-order chi connectivity index (χ1) is 12.2. The maximum Gasteiger partial charge on any atom is 0.269 e. The molecule has 0 atom stereocenters. The van der Waals surface area contributed by atoms with E-state index in [1.54, 1.807) is 11.9 Å². The molecule has 0 fully saturated rings. The van der Waals surface area contributed by atoms with Gasteiger partial charge in [0.2, 0.25) is 5.91 Å². The maximum atomic E-state index is 13.7. The van der Waals surface area contributed by atoms with Gasteiger partial charge in [0, 0.05) is 34.2 Å². The van der Waals surface area contributed by atoms with Crippen LogP contribution in [0.3, 0.4) is 0 Å². The number of nitrogens with one attached hydrogen (secondary N) is 1. The molecular formula is C16H13BrClF2N3O3. The molecule has 0 aliphatic heterocycles. The van der Waals surface area contributed by atoms with Crippen LogP contribution in [0, 0.1) is 21.7 Å². The van der Waals surface area contributed by atoms with Crippen LogP contribution in [0.4, 0.5) is 20.2 Å². The van der Waals surface area contributed by atoms with Crippen LogP contribution in [0.5, 0.6) is 0 Å². The van der Waals surface area contributed by atoms with Crippen molar-refractivity contribution in [1.82, 2.24) is 4.90 Å². The number of benzene rings is 2. The average molecular weight is 449 g/mol. The molecule has 0 saturated heterocycles. The lowest BCUT2D eigenvalue weighted by Crippen LogP contribution is -2.30. The normalized spacial score (nSPS) is 10.8. The van der Waals surface area contributed by atoms with Crippen molar-refractivity contribution < 1.29 is 18.5 Å². The summed E-state index contributed by atoms with van der Waals surface area (Å²) in [6.45, 7) is 0.0310. The van der Waals surface area contributed by atoms with Gasteiger partial charge in [-0.1, -0.05) is 11.6 Å². The van der Waals surface area contributed by atoms with Crippen LogP contribution in [-0.2, 0) is 11.3 Å². The lowest BCUT2D eigenvalue weighted by atomic mass is 10.2. The van der Waals surface area contributed by atoms with Crippen molar-refractivity contribution in [3.63, 3.8) is 0 Å². The summed E-state index contributed by atoms with van der Waals surface area (Å²) >= 11 is 9.01. The van der Waals surface area contributed by atoms with Crippen LogP contribution in [-0.4, -0.2) is 29.3 Å². The topological polar surface area (TPSA) is 75.5 Å².